The maximum absolute atomic E-state index is 14.9. The highest BCUT2D eigenvalue weighted by Crippen LogP contribution is 2.33. The maximum atomic E-state index is 14.9. The first kappa shape index (κ1) is 25.2. The zero-order valence-electron chi connectivity index (χ0n) is 18.5. The quantitative estimate of drug-likeness (QED) is 0.525. The summed E-state index contributed by atoms with van der Waals surface area (Å²) >= 11 is 0. The Balaban J connectivity index is 0.00000324. The summed E-state index contributed by atoms with van der Waals surface area (Å²) in [5.74, 6) is -2.56. The smallest absolute Gasteiger partial charge is 0.410 e. The maximum Gasteiger partial charge on any atom is 0.410 e. The molecule has 3 aromatic rings. The second-order valence-electron chi connectivity index (χ2n) is 8.08. The number of ether oxygens (including phenoxy) is 1. The fourth-order valence-corrected chi connectivity index (χ4v) is 3.89. The third kappa shape index (κ3) is 5.04. The van der Waals surface area contributed by atoms with Gasteiger partial charge in [-0.25, -0.2) is 28.3 Å². The van der Waals surface area contributed by atoms with Gasteiger partial charge in [-0.15, -0.1) is 12.4 Å². The van der Waals surface area contributed by atoms with Crippen molar-refractivity contribution in [2.24, 2.45) is 0 Å². The largest absolute Gasteiger partial charge is 0.478 e. The van der Waals surface area contributed by atoms with Gasteiger partial charge in [0.15, 0.2) is 5.82 Å². The number of halogens is 3. The summed E-state index contributed by atoms with van der Waals surface area (Å²) in [7, 11) is 0. The number of aromatic carboxylic acids is 1. The summed E-state index contributed by atoms with van der Waals surface area (Å²) in [6, 6.07) is 3.29. The SMILES string of the molecule is CC(C)OC(=O)N1CCC(n2cc(F)c3c(Nc4ccc(C(=O)O)cc4F)ncnc32)CC1.Cl. The standard InChI is InChI=1S/C22H23F2N5O4.ClH/c1-12(2)33-22(32)28-7-5-14(6-8-28)29-10-16(24)18-19(25-11-26-20(18)29)27-17-4-3-13(21(30)31)9-15(17)23;/h3-4,9-12,14H,5-8H2,1-2H3,(H,30,31)(H,25,26,27);1H. The van der Waals surface area contributed by atoms with Gasteiger partial charge in [0.05, 0.1) is 22.7 Å². The van der Waals surface area contributed by atoms with Crippen LogP contribution in [0, 0.1) is 11.6 Å². The molecule has 9 nitrogen and oxygen atoms in total. The van der Waals surface area contributed by atoms with Crippen molar-refractivity contribution in [1.82, 2.24) is 19.4 Å². The lowest BCUT2D eigenvalue weighted by Crippen LogP contribution is -2.40. The number of fused-ring (bicyclic) bond motifs is 1. The molecule has 1 fully saturated rings. The number of hydrogen-bond acceptors (Lipinski definition) is 6. The first-order valence-corrected chi connectivity index (χ1v) is 10.5. The van der Waals surface area contributed by atoms with E-state index < -0.39 is 17.6 Å². The van der Waals surface area contributed by atoms with Crippen LogP contribution in [0.3, 0.4) is 0 Å². The average Bonchev–Trinajstić information content (AvgIpc) is 3.12. The predicted molar refractivity (Wildman–Crippen MR) is 123 cm³/mol. The topological polar surface area (TPSA) is 110 Å². The lowest BCUT2D eigenvalue weighted by molar-refractivity contribution is 0.0660. The van der Waals surface area contributed by atoms with Crippen LogP contribution >= 0.6 is 12.4 Å². The molecule has 0 spiro atoms. The van der Waals surface area contributed by atoms with E-state index in [0.717, 1.165) is 6.07 Å². The molecule has 12 heteroatoms. The van der Waals surface area contributed by atoms with Crippen molar-refractivity contribution < 1.29 is 28.2 Å². The van der Waals surface area contributed by atoms with Crippen molar-refractivity contribution in [3.05, 3.63) is 47.9 Å². The third-order valence-corrected chi connectivity index (χ3v) is 5.48. The molecule has 1 amide bonds. The molecule has 0 aliphatic carbocycles. The normalized spacial score (nSPS) is 14.2. The molecule has 0 saturated carbocycles. The van der Waals surface area contributed by atoms with Gasteiger partial charge in [0.2, 0.25) is 0 Å². The molecule has 2 aromatic heterocycles. The number of amides is 1. The van der Waals surface area contributed by atoms with Gasteiger partial charge in [0.1, 0.15) is 23.6 Å². The number of piperidine rings is 1. The minimum absolute atomic E-state index is 0. The number of benzene rings is 1. The van der Waals surface area contributed by atoms with Gasteiger partial charge >= 0.3 is 12.1 Å². The van der Waals surface area contributed by atoms with Crippen LogP contribution < -0.4 is 5.32 Å². The number of carbonyl (C=O) groups excluding carboxylic acids is 1. The van der Waals surface area contributed by atoms with Gasteiger partial charge in [-0.3, -0.25) is 0 Å². The summed E-state index contributed by atoms with van der Waals surface area (Å²) < 4.78 is 36.3. The van der Waals surface area contributed by atoms with Crippen LogP contribution in [0.15, 0.2) is 30.7 Å². The molecule has 3 heterocycles. The molecule has 0 bridgehead atoms. The van der Waals surface area contributed by atoms with Crippen molar-refractivity contribution >= 4 is 47.0 Å². The summed E-state index contributed by atoms with van der Waals surface area (Å²) in [6.07, 6.45) is 3.20. The Labute approximate surface area is 200 Å². The molecule has 4 rings (SSSR count). The second-order valence-corrected chi connectivity index (χ2v) is 8.08. The molecule has 1 aromatic carbocycles. The molecule has 1 aliphatic heterocycles. The Morgan fingerprint density at radius 1 is 1.18 bits per heavy atom. The van der Waals surface area contributed by atoms with Crippen LogP contribution in [0.1, 0.15) is 43.1 Å². The number of nitrogens with one attached hydrogen (secondary N) is 1. The Morgan fingerprint density at radius 3 is 2.50 bits per heavy atom. The molecule has 34 heavy (non-hydrogen) atoms. The predicted octanol–water partition coefficient (Wildman–Crippen LogP) is 4.76. The van der Waals surface area contributed by atoms with Gasteiger partial charge in [0, 0.05) is 25.3 Å². The molecule has 0 radical (unpaired) electrons. The van der Waals surface area contributed by atoms with E-state index in [2.05, 4.69) is 15.3 Å². The van der Waals surface area contributed by atoms with E-state index in [1.165, 1.54) is 24.7 Å². The zero-order valence-corrected chi connectivity index (χ0v) is 19.3. The minimum Gasteiger partial charge on any atom is -0.478 e. The highest BCUT2D eigenvalue weighted by atomic mass is 35.5. The van der Waals surface area contributed by atoms with Crippen molar-refractivity contribution in [3.63, 3.8) is 0 Å². The molecule has 2 N–H and O–H groups in total. The lowest BCUT2D eigenvalue weighted by Gasteiger charge is -2.32. The van der Waals surface area contributed by atoms with Crippen LogP contribution in [-0.4, -0.2) is 55.8 Å². The number of rotatable bonds is 5. The molecule has 182 valence electrons. The van der Waals surface area contributed by atoms with Crippen LogP contribution in [0.4, 0.5) is 25.1 Å². The van der Waals surface area contributed by atoms with E-state index in [9.17, 15) is 18.4 Å². The van der Waals surface area contributed by atoms with Crippen molar-refractivity contribution in [1.29, 1.82) is 0 Å². The fourth-order valence-electron chi connectivity index (χ4n) is 3.89. The summed E-state index contributed by atoms with van der Waals surface area (Å²) in [6.45, 7) is 4.51. The highest BCUT2D eigenvalue weighted by molar-refractivity contribution is 5.91. The molecule has 0 unspecified atom stereocenters. The molecule has 0 atom stereocenters. The Kier molecular flexibility index (Phi) is 7.55. The molecular weight excluding hydrogens is 472 g/mol. The van der Waals surface area contributed by atoms with Gasteiger partial charge in [0.25, 0.3) is 0 Å². The van der Waals surface area contributed by atoms with Crippen molar-refractivity contribution in [3.8, 4) is 0 Å². The van der Waals surface area contributed by atoms with E-state index >= 15 is 0 Å². The fraction of sp³-hybridized carbons (Fsp3) is 0.364. The third-order valence-electron chi connectivity index (χ3n) is 5.48. The number of carboxylic acid groups (broad SMARTS) is 1. The summed E-state index contributed by atoms with van der Waals surface area (Å²) in [4.78, 5) is 33.0. The van der Waals surface area contributed by atoms with Gasteiger partial charge in [-0.1, -0.05) is 0 Å². The number of hydrogen-bond donors (Lipinski definition) is 2. The summed E-state index contributed by atoms with van der Waals surface area (Å²) in [5.41, 5.74) is 0.103. The number of aromatic nitrogens is 3. The Hall–Kier alpha value is -3.47. The zero-order chi connectivity index (χ0) is 23.7. The van der Waals surface area contributed by atoms with Gasteiger partial charge < -0.3 is 24.6 Å². The second kappa shape index (κ2) is 10.2. The van der Waals surface area contributed by atoms with Crippen LogP contribution in [0.25, 0.3) is 11.0 Å². The number of nitrogens with zero attached hydrogens (tertiary/aromatic N) is 4. The Bertz CT molecular complexity index is 1210. The van der Waals surface area contributed by atoms with E-state index in [1.54, 1.807) is 23.3 Å². The Morgan fingerprint density at radius 2 is 1.88 bits per heavy atom. The van der Waals surface area contributed by atoms with Crippen molar-refractivity contribution in [2.45, 2.75) is 38.8 Å². The number of anilines is 2. The average molecular weight is 496 g/mol. The first-order valence-electron chi connectivity index (χ1n) is 10.5. The van der Waals surface area contributed by atoms with E-state index in [0.29, 0.717) is 31.6 Å². The van der Waals surface area contributed by atoms with Gasteiger partial charge in [-0.05, 0) is 44.9 Å². The number of likely N-dealkylation sites (tertiary alicyclic amines) is 1. The van der Waals surface area contributed by atoms with Crippen LogP contribution in [0.5, 0.6) is 0 Å². The molecule has 1 aliphatic rings. The first-order chi connectivity index (χ1) is 15.7. The summed E-state index contributed by atoms with van der Waals surface area (Å²) in [5, 5.41) is 11.8. The van der Waals surface area contributed by atoms with Crippen molar-refractivity contribution in [2.75, 3.05) is 18.4 Å². The van der Waals surface area contributed by atoms with E-state index in [4.69, 9.17) is 9.84 Å². The van der Waals surface area contributed by atoms with Crippen LogP contribution in [0.2, 0.25) is 0 Å². The van der Waals surface area contributed by atoms with E-state index in [1.807, 2.05) is 0 Å². The lowest BCUT2D eigenvalue weighted by atomic mass is 10.1. The van der Waals surface area contributed by atoms with Crippen LogP contribution in [-0.2, 0) is 4.74 Å². The van der Waals surface area contributed by atoms with E-state index in [-0.39, 0.29) is 53.1 Å². The number of carboxylic acids is 1. The molecular formula is C22H24ClF2N5O4. The highest BCUT2D eigenvalue weighted by Gasteiger charge is 2.28. The monoisotopic (exact) mass is 495 g/mol. The number of carbonyl (C=O) groups is 2. The van der Waals surface area contributed by atoms with Gasteiger partial charge in [-0.2, -0.15) is 0 Å². The minimum atomic E-state index is -1.25. The molecule has 1 saturated heterocycles.